The zero-order valence-electron chi connectivity index (χ0n) is 15.0. The normalized spacial score (nSPS) is 12.2. The van der Waals surface area contributed by atoms with Crippen molar-refractivity contribution in [2.45, 2.75) is 46.3 Å². The smallest absolute Gasteiger partial charge is 0.230 e. The highest BCUT2D eigenvalue weighted by molar-refractivity contribution is 7.99. The number of hydrogen-bond acceptors (Lipinski definition) is 5. The van der Waals surface area contributed by atoms with Crippen molar-refractivity contribution in [1.29, 1.82) is 0 Å². The van der Waals surface area contributed by atoms with E-state index >= 15 is 0 Å². The lowest BCUT2D eigenvalue weighted by atomic mass is 10.2. The van der Waals surface area contributed by atoms with E-state index < -0.39 is 0 Å². The largest absolute Gasteiger partial charge is 0.355 e. The molecule has 2 aromatic rings. The van der Waals surface area contributed by atoms with Crippen LogP contribution < -0.4 is 5.32 Å². The molecule has 0 saturated heterocycles. The number of hydrogen-bond donors (Lipinski definition) is 1. The van der Waals surface area contributed by atoms with Gasteiger partial charge in [-0.3, -0.25) is 9.48 Å². The van der Waals surface area contributed by atoms with E-state index in [0.29, 0.717) is 23.4 Å². The summed E-state index contributed by atoms with van der Waals surface area (Å²) in [5, 5.41) is 8.08. The Morgan fingerprint density at radius 2 is 1.83 bits per heavy atom. The van der Waals surface area contributed by atoms with Crippen molar-refractivity contribution >= 4 is 17.7 Å². The summed E-state index contributed by atoms with van der Waals surface area (Å²) in [6, 6.07) is 3.98. The molecule has 2 aromatic heterocycles. The molecule has 1 unspecified atom stereocenters. The van der Waals surface area contributed by atoms with Gasteiger partial charge in [0.2, 0.25) is 5.91 Å². The topological polar surface area (TPSA) is 72.7 Å². The highest BCUT2D eigenvalue weighted by Gasteiger charge is 2.10. The lowest BCUT2D eigenvalue weighted by Crippen LogP contribution is -2.31. The predicted octanol–water partition coefficient (Wildman–Crippen LogP) is 2.45. The van der Waals surface area contributed by atoms with Gasteiger partial charge >= 0.3 is 0 Å². The van der Waals surface area contributed by atoms with E-state index in [1.54, 1.807) is 0 Å². The summed E-state index contributed by atoms with van der Waals surface area (Å²) in [5.74, 6) is 0.646. The fourth-order valence-corrected chi connectivity index (χ4v) is 3.23. The van der Waals surface area contributed by atoms with Gasteiger partial charge in [0.25, 0.3) is 0 Å². The Bertz CT molecular complexity index is 693. The number of nitrogens with one attached hydrogen (secondary N) is 1. The van der Waals surface area contributed by atoms with Crippen LogP contribution in [0.15, 0.2) is 17.3 Å². The van der Waals surface area contributed by atoms with Gasteiger partial charge < -0.3 is 5.32 Å². The second kappa shape index (κ2) is 8.28. The quantitative estimate of drug-likeness (QED) is 0.615. The average Bonchev–Trinajstić information content (AvgIpc) is 2.79. The van der Waals surface area contributed by atoms with Crippen LogP contribution in [-0.4, -0.2) is 38.0 Å². The second-order valence-electron chi connectivity index (χ2n) is 6.24. The molecule has 1 atom stereocenters. The van der Waals surface area contributed by atoms with Gasteiger partial charge in [-0.2, -0.15) is 5.10 Å². The van der Waals surface area contributed by atoms with Crippen molar-refractivity contribution in [3.05, 3.63) is 34.9 Å². The third kappa shape index (κ3) is 5.63. The molecule has 0 bridgehead atoms. The maximum absolute atomic E-state index is 12.0. The summed E-state index contributed by atoms with van der Waals surface area (Å²) in [7, 11) is 0. The Kier molecular flexibility index (Phi) is 6.36. The molecule has 0 spiro atoms. The number of carbonyl (C=O) groups excluding carboxylic acids is 1. The molecule has 0 aromatic carbocycles. The van der Waals surface area contributed by atoms with E-state index in [1.165, 1.54) is 11.8 Å². The first kappa shape index (κ1) is 18.4. The monoisotopic (exact) mass is 347 g/mol. The van der Waals surface area contributed by atoms with Gasteiger partial charge in [-0.1, -0.05) is 18.7 Å². The van der Waals surface area contributed by atoms with E-state index in [1.807, 2.05) is 38.4 Å². The van der Waals surface area contributed by atoms with Crippen LogP contribution in [0, 0.1) is 33.6 Å². The van der Waals surface area contributed by atoms with E-state index in [0.717, 1.165) is 29.3 Å². The standard InChI is InChI=1S/C17H25N5OS/c1-11(9-22-15(5)7-14(4)21-22)8-18-16(23)10-24-17-19-12(2)6-13(3)20-17/h6-7,11H,8-10H2,1-5H3,(H,18,23). The zero-order chi connectivity index (χ0) is 17.7. The minimum Gasteiger partial charge on any atom is -0.355 e. The fourth-order valence-electron chi connectivity index (χ4n) is 2.45. The van der Waals surface area contributed by atoms with E-state index in [-0.39, 0.29) is 5.91 Å². The summed E-state index contributed by atoms with van der Waals surface area (Å²) >= 11 is 1.37. The maximum Gasteiger partial charge on any atom is 0.230 e. The van der Waals surface area contributed by atoms with Crippen molar-refractivity contribution in [1.82, 2.24) is 25.1 Å². The lowest BCUT2D eigenvalue weighted by molar-refractivity contribution is -0.118. The maximum atomic E-state index is 12.0. The summed E-state index contributed by atoms with van der Waals surface area (Å²) in [6.45, 7) is 11.4. The van der Waals surface area contributed by atoms with Crippen molar-refractivity contribution in [3.8, 4) is 0 Å². The van der Waals surface area contributed by atoms with Crippen LogP contribution in [0.3, 0.4) is 0 Å². The number of carbonyl (C=O) groups is 1. The summed E-state index contributed by atoms with van der Waals surface area (Å²) in [5.41, 5.74) is 4.01. The van der Waals surface area contributed by atoms with Gasteiger partial charge in [0.15, 0.2) is 5.16 Å². The molecule has 0 aliphatic rings. The molecule has 1 N–H and O–H groups in total. The van der Waals surface area contributed by atoms with Crippen LogP contribution in [-0.2, 0) is 11.3 Å². The van der Waals surface area contributed by atoms with Crippen molar-refractivity contribution < 1.29 is 4.79 Å². The van der Waals surface area contributed by atoms with Crippen LogP contribution in [0.5, 0.6) is 0 Å². The van der Waals surface area contributed by atoms with Gasteiger partial charge in [0.05, 0.1) is 11.4 Å². The van der Waals surface area contributed by atoms with E-state index in [2.05, 4.69) is 33.4 Å². The molecule has 130 valence electrons. The lowest BCUT2D eigenvalue weighted by Gasteiger charge is -2.14. The second-order valence-corrected chi connectivity index (χ2v) is 7.18. The molecule has 0 aliphatic carbocycles. The fraction of sp³-hybridized carbons (Fsp3) is 0.529. The summed E-state index contributed by atoms with van der Waals surface area (Å²) in [6.07, 6.45) is 0. The minimum absolute atomic E-state index is 0.00276. The molecule has 7 heteroatoms. The third-order valence-electron chi connectivity index (χ3n) is 3.53. The van der Waals surface area contributed by atoms with E-state index in [4.69, 9.17) is 0 Å². The molecule has 0 saturated carbocycles. The number of amides is 1. The number of aromatic nitrogens is 4. The number of rotatable bonds is 7. The molecular formula is C17H25N5OS. The van der Waals surface area contributed by atoms with Crippen molar-refractivity contribution in [3.63, 3.8) is 0 Å². The van der Waals surface area contributed by atoms with Crippen molar-refractivity contribution in [2.24, 2.45) is 5.92 Å². The molecule has 24 heavy (non-hydrogen) atoms. The number of nitrogens with zero attached hydrogens (tertiary/aromatic N) is 4. The highest BCUT2D eigenvalue weighted by atomic mass is 32.2. The summed E-state index contributed by atoms with van der Waals surface area (Å²) < 4.78 is 1.99. The predicted molar refractivity (Wildman–Crippen MR) is 96.1 cm³/mol. The number of thioether (sulfide) groups is 1. The number of aryl methyl sites for hydroxylation is 4. The molecule has 1 amide bonds. The van der Waals surface area contributed by atoms with Crippen LogP contribution >= 0.6 is 11.8 Å². The molecule has 6 nitrogen and oxygen atoms in total. The minimum atomic E-state index is 0.00276. The van der Waals surface area contributed by atoms with Crippen LogP contribution in [0.2, 0.25) is 0 Å². The zero-order valence-corrected chi connectivity index (χ0v) is 15.8. The third-order valence-corrected chi connectivity index (χ3v) is 4.38. The Morgan fingerprint density at radius 3 is 2.42 bits per heavy atom. The first-order chi connectivity index (χ1) is 11.3. The molecule has 2 rings (SSSR count). The molecular weight excluding hydrogens is 322 g/mol. The van der Waals surface area contributed by atoms with Crippen molar-refractivity contribution in [2.75, 3.05) is 12.3 Å². The Hall–Kier alpha value is -1.89. The first-order valence-electron chi connectivity index (χ1n) is 8.06. The van der Waals surface area contributed by atoms with Gasteiger partial charge in [0, 0.05) is 30.2 Å². The molecule has 2 heterocycles. The molecule has 0 radical (unpaired) electrons. The summed E-state index contributed by atoms with van der Waals surface area (Å²) in [4.78, 5) is 20.7. The Morgan fingerprint density at radius 1 is 1.17 bits per heavy atom. The van der Waals surface area contributed by atoms with Gasteiger partial charge in [-0.25, -0.2) is 9.97 Å². The van der Waals surface area contributed by atoms with Crippen LogP contribution in [0.25, 0.3) is 0 Å². The molecule has 0 fully saturated rings. The Balaban J connectivity index is 1.75. The average molecular weight is 347 g/mol. The van der Waals surface area contributed by atoms with Crippen LogP contribution in [0.1, 0.15) is 29.7 Å². The SMILES string of the molecule is Cc1cc(C)nc(SCC(=O)NCC(C)Cn2nc(C)cc2C)n1. The van der Waals surface area contributed by atoms with Gasteiger partial charge in [0.1, 0.15) is 0 Å². The van der Waals surface area contributed by atoms with Gasteiger partial charge in [-0.05, 0) is 45.7 Å². The Labute approximate surface area is 147 Å². The van der Waals surface area contributed by atoms with Gasteiger partial charge in [-0.15, -0.1) is 0 Å². The highest BCUT2D eigenvalue weighted by Crippen LogP contribution is 2.13. The van der Waals surface area contributed by atoms with E-state index in [9.17, 15) is 4.79 Å². The van der Waals surface area contributed by atoms with Crippen LogP contribution in [0.4, 0.5) is 0 Å². The molecule has 0 aliphatic heterocycles. The first-order valence-corrected chi connectivity index (χ1v) is 9.05.